The van der Waals surface area contributed by atoms with Crippen LogP contribution in [0.5, 0.6) is 0 Å². The lowest BCUT2D eigenvalue weighted by Gasteiger charge is -2.28. The lowest BCUT2D eigenvalue weighted by atomic mass is 9.83. The smallest absolute Gasteiger partial charge is 0.0900 e. The van der Waals surface area contributed by atoms with Crippen molar-refractivity contribution >= 4 is 35.3 Å². The molecule has 0 aromatic rings. The van der Waals surface area contributed by atoms with Gasteiger partial charge in [-0.25, -0.2) is 0 Å². The molecule has 4 atom stereocenters. The summed E-state index contributed by atoms with van der Waals surface area (Å²) >= 11 is 6.50. The highest BCUT2D eigenvalue weighted by Crippen LogP contribution is 2.37. The average molecular weight is 305 g/mol. The van der Waals surface area contributed by atoms with Gasteiger partial charge in [0, 0.05) is 22.5 Å². The molecule has 0 amide bonds. The summed E-state index contributed by atoms with van der Waals surface area (Å²) in [5.74, 6) is 8.94. The zero-order chi connectivity index (χ0) is 12.2. The van der Waals surface area contributed by atoms with Crippen molar-refractivity contribution in [2.45, 2.75) is 37.0 Å². The maximum Gasteiger partial charge on any atom is 0.0900 e. The Labute approximate surface area is 124 Å². The van der Waals surface area contributed by atoms with Gasteiger partial charge in [-0.3, -0.25) is 0 Å². The third-order valence-electron chi connectivity index (χ3n) is 4.01. The van der Waals surface area contributed by atoms with Crippen molar-refractivity contribution in [1.29, 1.82) is 0 Å². The molecule has 2 heterocycles. The van der Waals surface area contributed by atoms with Gasteiger partial charge in [0.05, 0.1) is 12.7 Å². The van der Waals surface area contributed by atoms with Gasteiger partial charge in [0.2, 0.25) is 0 Å². The van der Waals surface area contributed by atoms with Gasteiger partial charge in [0.1, 0.15) is 0 Å². The highest BCUT2D eigenvalue weighted by atomic mass is 32.2. The first-order valence-corrected chi connectivity index (χ1v) is 10.6. The normalized spacial score (nSPS) is 38.7. The van der Waals surface area contributed by atoms with Gasteiger partial charge in [0.15, 0.2) is 0 Å². The van der Waals surface area contributed by atoms with E-state index in [1.165, 1.54) is 54.4 Å². The molecule has 3 aliphatic rings. The van der Waals surface area contributed by atoms with E-state index in [-0.39, 0.29) is 0 Å². The third-order valence-corrected chi connectivity index (χ3v) is 7.85. The zero-order valence-corrected chi connectivity index (χ0v) is 13.5. The van der Waals surface area contributed by atoms with Crippen molar-refractivity contribution in [3.8, 4) is 0 Å². The molecule has 0 bridgehead atoms. The topological polar surface area (TPSA) is 12.5 Å². The van der Waals surface area contributed by atoms with Crippen LogP contribution in [0, 0.1) is 11.8 Å². The minimum absolute atomic E-state index is 0.612. The van der Waals surface area contributed by atoms with E-state index in [0.717, 1.165) is 23.7 Å². The molecule has 0 spiro atoms. The molecule has 18 heavy (non-hydrogen) atoms. The molecule has 0 radical (unpaired) electrons. The predicted molar refractivity (Wildman–Crippen MR) is 86.1 cm³/mol. The summed E-state index contributed by atoms with van der Waals surface area (Å²) in [6, 6.07) is 0. The molecular formula is C14H24OS3. The Hall–Kier alpha value is 1.01. The van der Waals surface area contributed by atoms with E-state index in [1.807, 2.05) is 0 Å². The highest BCUT2D eigenvalue weighted by Gasteiger charge is 2.26. The van der Waals surface area contributed by atoms with Crippen LogP contribution in [0.2, 0.25) is 0 Å². The standard InChI is InChI=1S/C14H24OS3/c1-2-11(6-16-8-13-5-15-13)4-12(3-1)7-17-9-14-10-18-14/h11-14H,1-10H2. The molecule has 104 valence electrons. The van der Waals surface area contributed by atoms with Gasteiger partial charge in [0.25, 0.3) is 0 Å². The quantitative estimate of drug-likeness (QED) is 0.633. The molecule has 1 aliphatic carbocycles. The number of epoxide rings is 1. The fourth-order valence-corrected chi connectivity index (χ4v) is 6.22. The monoisotopic (exact) mass is 304 g/mol. The molecule has 2 saturated heterocycles. The lowest BCUT2D eigenvalue weighted by molar-refractivity contribution is 0.309. The Kier molecular flexibility index (Phi) is 5.54. The third kappa shape index (κ3) is 5.18. The minimum Gasteiger partial charge on any atom is -0.372 e. The molecule has 1 saturated carbocycles. The fraction of sp³-hybridized carbons (Fsp3) is 1.00. The molecule has 1 nitrogen and oxygen atoms in total. The Morgan fingerprint density at radius 2 is 1.67 bits per heavy atom. The van der Waals surface area contributed by atoms with Gasteiger partial charge in [-0.05, 0) is 42.6 Å². The van der Waals surface area contributed by atoms with Crippen LogP contribution in [0.3, 0.4) is 0 Å². The summed E-state index contributed by atoms with van der Waals surface area (Å²) in [6.07, 6.45) is 6.58. The second kappa shape index (κ2) is 7.14. The predicted octanol–water partition coefficient (Wildman–Crippen LogP) is 3.77. The molecule has 4 heteroatoms. The Morgan fingerprint density at radius 3 is 2.28 bits per heavy atom. The van der Waals surface area contributed by atoms with Crippen LogP contribution < -0.4 is 0 Å². The van der Waals surface area contributed by atoms with Crippen LogP contribution in [0.1, 0.15) is 25.7 Å². The van der Waals surface area contributed by atoms with Crippen LogP contribution in [-0.2, 0) is 4.74 Å². The Morgan fingerprint density at radius 1 is 1.00 bits per heavy atom. The average Bonchev–Trinajstić information content (AvgIpc) is 3.25. The maximum absolute atomic E-state index is 5.27. The second-order valence-corrected chi connectivity index (χ2v) is 9.37. The van der Waals surface area contributed by atoms with E-state index in [2.05, 4.69) is 35.3 Å². The molecule has 0 N–H and O–H groups in total. The van der Waals surface area contributed by atoms with Crippen LogP contribution in [0.15, 0.2) is 0 Å². The van der Waals surface area contributed by atoms with Gasteiger partial charge in [-0.1, -0.05) is 6.42 Å². The number of rotatable bonds is 8. The van der Waals surface area contributed by atoms with Gasteiger partial charge < -0.3 is 4.74 Å². The molecule has 4 unspecified atom stereocenters. The Balaban J connectivity index is 1.26. The molecule has 3 rings (SSSR count). The van der Waals surface area contributed by atoms with Gasteiger partial charge in [-0.15, -0.1) is 0 Å². The molecular weight excluding hydrogens is 280 g/mol. The first-order chi connectivity index (χ1) is 8.90. The van der Waals surface area contributed by atoms with Crippen LogP contribution in [0.25, 0.3) is 0 Å². The number of hydrogen-bond donors (Lipinski definition) is 0. The molecule has 0 aromatic carbocycles. The van der Waals surface area contributed by atoms with Gasteiger partial charge >= 0.3 is 0 Å². The van der Waals surface area contributed by atoms with E-state index in [4.69, 9.17) is 4.74 Å². The first kappa shape index (κ1) is 14.0. The van der Waals surface area contributed by atoms with Crippen molar-refractivity contribution in [3.63, 3.8) is 0 Å². The summed E-state index contributed by atoms with van der Waals surface area (Å²) in [4.78, 5) is 0. The van der Waals surface area contributed by atoms with E-state index in [1.54, 1.807) is 0 Å². The number of ether oxygens (including phenoxy) is 1. The summed E-state index contributed by atoms with van der Waals surface area (Å²) in [5.41, 5.74) is 0. The van der Waals surface area contributed by atoms with Gasteiger partial charge in [-0.2, -0.15) is 35.3 Å². The second-order valence-electron chi connectivity index (χ2n) is 5.88. The van der Waals surface area contributed by atoms with Crippen molar-refractivity contribution in [2.75, 3.05) is 35.4 Å². The summed E-state index contributed by atoms with van der Waals surface area (Å²) < 4.78 is 5.27. The van der Waals surface area contributed by atoms with Crippen molar-refractivity contribution < 1.29 is 4.74 Å². The zero-order valence-electron chi connectivity index (χ0n) is 11.0. The van der Waals surface area contributed by atoms with Crippen molar-refractivity contribution in [1.82, 2.24) is 0 Å². The number of thioether (sulfide) groups is 3. The number of hydrogen-bond acceptors (Lipinski definition) is 4. The first-order valence-electron chi connectivity index (χ1n) is 7.29. The fourth-order valence-electron chi connectivity index (χ4n) is 2.77. The lowest BCUT2D eigenvalue weighted by Crippen LogP contribution is -2.19. The van der Waals surface area contributed by atoms with E-state index < -0.39 is 0 Å². The van der Waals surface area contributed by atoms with Crippen molar-refractivity contribution in [3.05, 3.63) is 0 Å². The summed E-state index contributed by atoms with van der Waals surface area (Å²) in [6.45, 7) is 1.02. The van der Waals surface area contributed by atoms with Crippen LogP contribution in [0.4, 0.5) is 0 Å². The Bertz CT molecular complexity index is 229. The summed E-state index contributed by atoms with van der Waals surface area (Å²) in [5, 5.41) is 1.02. The minimum atomic E-state index is 0.612. The van der Waals surface area contributed by atoms with Crippen LogP contribution >= 0.6 is 35.3 Å². The van der Waals surface area contributed by atoms with E-state index >= 15 is 0 Å². The molecule has 2 aliphatic heterocycles. The van der Waals surface area contributed by atoms with Crippen molar-refractivity contribution in [2.24, 2.45) is 11.8 Å². The van der Waals surface area contributed by atoms with Crippen LogP contribution in [-0.4, -0.2) is 46.7 Å². The largest absolute Gasteiger partial charge is 0.372 e. The van der Waals surface area contributed by atoms with E-state index in [9.17, 15) is 0 Å². The summed E-state index contributed by atoms with van der Waals surface area (Å²) in [7, 11) is 0. The maximum atomic E-state index is 5.27. The highest BCUT2D eigenvalue weighted by molar-refractivity contribution is 8.08. The molecule has 3 fully saturated rings. The molecule has 0 aromatic heterocycles. The van der Waals surface area contributed by atoms with E-state index in [0.29, 0.717) is 6.10 Å². The SMILES string of the molecule is C1CC(CSCC2CO2)CC(CSCC2CS2)C1.